The number of carbonyl (C=O) groups is 1. The van der Waals surface area contributed by atoms with Crippen molar-refractivity contribution >= 4 is 29.1 Å². The van der Waals surface area contributed by atoms with Crippen LogP contribution in [0.1, 0.15) is 50.7 Å². The van der Waals surface area contributed by atoms with E-state index in [9.17, 15) is 9.90 Å². The van der Waals surface area contributed by atoms with E-state index in [1.807, 2.05) is 24.3 Å². The van der Waals surface area contributed by atoms with Crippen LogP contribution in [-0.4, -0.2) is 65.7 Å². The first-order valence-electron chi connectivity index (χ1n) is 13.5. The highest BCUT2D eigenvalue weighted by Crippen LogP contribution is 2.53. The maximum absolute atomic E-state index is 13.8. The zero-order chi connectivity index (χ0) is 27.5. The molecule has 4 rings (SSSR count). The molecule has 2 aromatic carbocycles. The van der Waals surface area contributed by atoms with E-state index in [-0.39, 0.29) is 18.4 Å². The molecule has 1 saturated carbocycles. The largest absolute Gasteiger partial charge is 0.497 e. The molecule has 0 bridgehead atoms. The second-order valence-electron chi connectivity index (χ2n) is 11.4. The Labute approximate surface area is 237 Å². The van der Waals surface area contributed by atoms with Gasteiger partial charge in [-0.05, 0) is 73.5 Å². The number of likely N-dealkylation sites (tertiary alicyclic amines) is 1. The van der Waals surface area contributed by atoms with Crippen LogP contribution in [0.4, 0.5) is 0 Å². The summed E-state index contributed by atoms with van der Waals surface area (Å²) in [6.07, 6.45) is 5.06. The number of halogens is 2. The van der Waals surface area contributed by atoms with E-state index in [1.54, 1.807) is 19.2 Å². The number of nitrogens with zero attached hydrogens (tertiary/aromatic N) is 2. The first-order chi connectivity index (χ1) is 18.1. The van der Waals surface area contributed by atoms with Crippen molar-refractivity contribution in [2.45, 2.75) is 63.0 Å². The number of hydrogen-bond acceptors (Lipinski definition) is 4. The zero-order valence-electron chi connectivity index (χ0n) is 22.8. The summed E-state index contributed by atoms with van der Waals surface area (Å²) >= 11 is 12.3. The Hall–Kier alpha value is -2.05. The number of benzene rings is 2. The number of hydrogen-bond donors (Lipinski definition) is 1. The number of ether oxygens (including phenoxy) is 1. The molecular formula is C31H40Cl2N2O3. The maximum Gasteiger partial charge on any atom is 0.227 e. The topological polar surface area (TPSA) is 53.0 Å². The lowest BCUT2D eigenvalue weighted by Crippen LogP contribution is -2.67. The summed E-state index contributed by atoms with van der Waals surface area (Å²) in [7, 11) is 1.67. The minimum absolute atomic E-state index is 0.0186. The van der Waals surface area contributed by atoms with Crippen LogP contribution < -0.4 is 4.74 Å². The average Bonchev–Trinajstić information content (AvgIpc) is 2.89. The molecule has 1 heterocycles. The van der Waals surface area contributed by atoms with Gasteiger partial charge >= 0.3 is 0 Å². The Bertz CT molecular complexity index is 1160. The van der Waals surface area contributed by atoms with Crippen molar-refractivity contribution in [3.8, 4) is 5.75 Å². The quantitative estimate of drug-likeness (QED) is 0.375. The number of β-amino-alcohol motifs (C(OH)–C–C–N with tert-alkyl or cyclic N) is 1. The van der Waals surface area contributed by atoms with E-state index in [2.05, 4.69) is 42.4 Å². The van der Waals surface area contributed by atoms with E-state index in [4.69, 9.17) is 27.9 Å². The van der Waals surface area contributed by atoms with Crippen LogP contribution in [0, 0.1) is 5.92 Å². The summed E-state index contributed by atoms with van der Waals surface area (Å²) < 4.78 is 5.57. The molecule has 0 spiro atoms. The van der Waals surface area contributed by atoms with Crippen molar-refractivity contribution in [1.82, 2.24) is 9.80 Å². The van der Waals surface area contributed by atoms with E-state index in [0.717, 1.165) is 42.8 Å². The fourth-order valence-electron chi connectivity index (χ4n) is 6.53. The summed E-state index contributed by atoms with van der Waals surface area (Å²) in [5, 5.41) is 13.3. The van der Waals surface area contributed by atoms with Crippen molar-refractivity contribution in [1.29, 1.82) is 0 Å². The Morgan fingerprint density at radius 2 is 2.03 bits per heavy atom. The number of rotatable bonds is 9. The second-order valence-corrected chi connectivity index (χ2v) is 12.2. The number of carbonyl (C=O) groups excluding carboxylic acids is 1. The molecule has 1 N–H and O–H groups in total. The molecule has 2 fully saturated rings. The van der Waals surface area contributed by atoms with Gasteiger partial charge in [0.2, 0.25) is 5.91 Å². The molecule has 0 aromatic heterocycles. The lowest BCUT2D eigenvalue weighted by Gasteiger charge is -2.59. The third kappa shape index (κ3) is 5.91. The number of piperidine rings is 1. The van der Waals surface area contributed by atoms with E-state index < -0.39 is 11.0 Å². The second kappa shape index (κ2) is 12.0. The molecule has 1 amide bonds. The summed E-state index contributed by atoms with van der Waals surface area (Å²) in [6, 6.07) is 13.5. The molecule has 0 radical (unpaired) electrons. The lowest BCUT2D eigenvalue weighted by molar-refractivity contribution is -0.149. The number of fused-ring (bicyclic) bond motifs is 1. The molecular weight excluding hydrogens is 519 g/mol. The smallest absolute Gasteiger partial charge is 0.227 e. The average molecular weight is 560 g/mol. The van der Waals surface area contributed by atoms with Gasteiger partial charge in [0.05, 0.1) is 29.2 Å². The monoisotopic (exact) mass is 558 g/mol. The van der Waals surface area contributed by atoms with Crippen LogP contribution in [-0.2, 0) is 16.6 Å². The molecule has 2 aliphatic rings. The van der Waals surface area contributed by atoms with Crippen LogP contribution in [0.25, 0.3) is 0 Å². The van der Waals surface area contributed by atoms with Crippen molar-refractivity contribution in [3.05, 3.63) is 76.3 Å². The minimum Gasteiger partial charge on any atom is -0.497 e. The number of aliphatic hydroxyl groups is 1. The first kappa shape index (κ1) is 28.9. The Kier molecular flexibility index (Phi) is 9.14. The Morgan fingerprint density at radius 3 is 2.71 bits per heavy atom. The normalized spacial score (nSPS) is 25.6. The van der Waals surface area contributed by atoms with Gasteiger partial charge in [0, 0.05) is 31.1 Å². The van der Waals surface area contributed by atoms with E-state index in [0.29, 0.717) is 41.9 Å². The third-order valence-corrected chi connectivity index (χ3v) is 9.12. The van der Waals surface area contributed by atoms with Crippen molar-refractivity contribution in [2.75, 3.05) is 33.3 Å². The molecule has 5 nitrogen and oxygen atoms in total. The van der Waals surface area contributed by atoms with Gasteiger partial charge in [0.15, 0.2) is 0 Å². The van der Waals surface area contributed by atoms with Gasteiger partial charge in [0.25, 0.3) is 0 Å². The standard InChI is InChI=1S/C31H40Cl2N2O3/c1-5-14-34-15-13-30(24-7-6-8-26(18-24)38-4)19-25(11-12-31(30,37)21-34)35(20-22(2)3)29(36)17-23-9-10-27(32)28(33)16-23/h5-10,16,18,22,25,37H,1,11-15,17,19-21H2,2-4H3/t25-,30-,31-/m0/s1. The van der Waals surface area contributed by atoms with Gasteiger partial charge in [-0.3, -0.25) is 9.69 Å². The molecule has 0 unspecified atom stereocenters. The van der Waals surface area contributed by atoms with Crippen LogP contribution >= 0.6 is 23.2 Å². The van der Waals surface area contributed by atoms with Crippen LogP contribution in [0.15, 0.2) is 55.1 Å². The van der Waals surface area contributed by atoms with Gasteiger partial charge in [-0.1, -0.05) is 61.3 Å². The lowest BCUT2D eigenvalue weighted by atomic mass is 9.55. The van der Waals surface area contributed by atoms with Gasteiger partial charge in [-0.15, -0.1) is 6.58 Å². The highest BCUT2D eigenvalue weighted by molar-refractivity contribution is 6.42. The number of methoxy groups -OCH3 is 1. The fraction of sp³-hybridized carbons (Fsp3) is 0.516. The molecule has 1 aliphatic heterocycles. The van der Waals surface area contributed by atoms with Crippen LogP contribution in [0.2, 0.25) is 10.0 Å². The van der Waals surface area contributed by atoms with Gasteiger partial charge in [0.1, 0.15) is 5.75 Å². The van der Waals surface area contributed by atoms with Gasteiger partial charge in [-0.2, -0.15) is 0 Å². The minimum atomic E-state index is -0.909. The molecule has 2 aromatic rings. The summed E-state index contributed by atoms with van der Waals surface area (Å²) in [5.74, 6) is 1.18. The van der Waals surface area contributed by atoms with Crippen molar-refractivity contribution in [3.63, 3.8) is 0 Å². The number of amides is 1. The predicted octanol–water partition coefficient (Wildman–Crippen LogP) is 6.14. The summed E-state index contributed by atoms with van der Waals surface area (Å²) in [6.45, 7) is 11.1. The highest BCUT2D eigenvalue weighted by Gasteiger charge is 2.58. The van der Waals surface area contributed by atoms with E-state index >= 15 is 0 Å². The fourth-order valence-corrected chi connectivity index (χ4v) is 6.85. The summed E-state index contributed by atoms with van der Waals surface area (Å²) in [4.78, 5) is 18.2. The molecule has 206 valence electrons. The van der Waals surface area contributed by atoms with E-state index in [1.165, 1.54) is 0 Å². The first-order valence-corrected chi connectivity index (χ1v) is 14.3. The molecule has 3 atom stereocenters. The molecule has 38 heavy (non-hydrogen) atoms. The maximum atomic E-state index is 13.8. The van der Waals surface area contributed by atoms with Gasteiger partial charge in [-0.25, -0.2) is 0 Å². The molecule has 7 heteroatoms. The summed E-state index contributed by atoms with van der Waals surface area (Å²) in [5.41, 5.74) is 0.545. The Balaban J connectivity index is 1.68. The SMILES string of the molecule is C=CCN1CC[C@@]2(c3cccc(OC)c3)C[C@@H](N(CC(C)C)C(=O)Cc3ccc(Cl)c(Cl)c3)CC[C@]2(O)C1. The van der Waals surface area contributed by atoms with Crippen molar-refractivity contribution < 1.29 is 14.6 Å². The van der Waals surface area contributed by atoms with Crippen LogP contribution in [0.5, 0.6) is 5.75 Å². The Morgan fingerprint density at radius 1 is 1.24 bits per heavy atom. The van der Waals surface area contributed by atoms with Gasteiger partial charge < -0.3 is 14.7 Å². The van der Waals surface area contributed by atoms with Crippen molar-refractivity contribution in [2.24, 2.45) is 5.92 Å². The zero-order valence-corrected chi connectivity index (χ0v) is 24.3. The predicted molar refractivity (Wildman–Crippen MR) is 155 cm³/mol. The molecule has 1 aliphatic carbocycles. The highest BCUT2D eigenvalue weighted by atomic mass is 35.5. The van der Waals surface area contributed by atoms with Crippen LogP contribution in [0.3, 0.4) is 0 Å². The molecule has 1 saturated heterocycles. The third-order valence-electron chi connectivity index (χ3n) is 8.38.